The van der Waals surface area contributed by atoms with Gasteiger partial charge in [-0.15, -0.1) is 0 Å². The normalized spacial score (nSPS) is 12.7. The van der Waals surface area contributed by atoms with E-state index in [1.54, 1.807) is 19.6 Å². The molecule has 0 bridgehead atoms. The Bertz CT molecular complexity index is 844. The van der Waals surface area contributed by atoms with E-state index in [1.807, 2.05) is 41.2 Å². The fourth-order valence-electron chi connectivity index (χ4n) is 2.81. The van der Waals surface area contributed by atoms with Crippen molar-refractivity contribution in [1.29, 1.82) is 0 Å². The van der Waals surface area contributed by atoms with E-state index in [1.165, 1.54) is 0 Å². The molecular formula is C21H27N5O2. The van der Waals surface area contributed by atoms with Crippen LogP contribution in [0.15, 0.2) is 70.5 Å². The van der Waals surface area contributed by atoms with Gasteiger partial charge in [-0.25, -0.2) is 4.68 Å². The zero-order valence-electron chi connectivity index (χ0n) is 16.3. The van der Waals surface area contributed by atoms with Crippen LogP contribution in [0.25, 0.3) is 5.69 Å². The Balaban J connectivity index is 1.63. The van der Waals surface area contributed by atoms with Crippen molar-refractivity contribution in [3.63, 3.8) is 0 Å². The summed E-state index contributed by atoms with van der Waals surface area (Å²) in [6.07, 6.45) is 6.19. The first-order chi connectivity index (χ1) is 13.8. The molecule has 1 atom stereocenters. The summed E-state index contributed by atoms with van der Waals surface area (Å²) in [5.74, 6) is 1.70. The molecule has 3 rings (SSSR count). The minimum absolute atomic E-state index is 0.0768. The van der Waals surface area contributed by atoms with E-state index >= 15 is 0 Å². The molecule has 2 heterocycles. The summed E-state index contributed by atoms with van der Waals surface area (Å²) in [5, 5.41) is 11.1. The van der Waals surface area contributed by atoms with Crippen LogP contribution in [-0.2, 0) is 11.2 Å². The van der Waals surface area contributed by atoms with Gasteiger partial charge in [-0.2, -0.15) is 5.10 Å². The van der Waals surface area contributed by atoms with Gasteiger partial charge in [-0.1, -0.05) is 12.1 Å². The van der Waals surface area contributed by atoms with Gasteiger partial charge in [-0.3, -0.25) is 4.99 Å². The Morgan fingerprint density at radius 2 is 2.21 bits per heavy atom. The van der Waals surface area contributed by atoms with Crippen molar-refractivity contribution >= 4 is 5.96 Å². The molecule has 2 aromatic heterocycles. The molecule has 1 unspecified atom stereocenters. The molecule has 0 fully saturated rings. The predicted octanol–water partition coefficient (Wildman–Crippen LogP) is 2.95. The summed E-state index contributed by atoms with van der Waals surface area (Å²) >= 11 is 0. The van der Waals surface area contributed by atoms with Gasteiger partial charge in [-0.05, 0) is 42.8 Å². The topological polar surface area (TPSA) is 76.6 Å². The van der Waals surface area contributed by atoms with Crippen LogP contribution in [0.4, 0.5) is 0 Å². The van der Waals surface area contributed by atoms with Gasteiger partial charge in [0.05, 0.1) is 31.1 Å². The van der Waals surface area contributed by atoms with Crippen LogP contribution < -0.4 is 10.6 Å². The average molecular weight is 381 g/mol. The van der Waals surface area contributed by atoms with Crippen molar-refractivity contribution < 1.29 is 9.15 Å². The summed E-state index contributed by atoms with van der Waals surface area (Å²) in [6, 6.07) is 14.2. The summed E-state index contributed by atoms with van der Waals surface area (Å²) in [5.41, 5.74) is 2.18. The monoisotopic (exact) mass is 381 g/mol. The number of hydrogen-bond donors (Lipinski definition) is 2. The van der Waals surface area contributed by atoms with Crippen LogP contribution in [0, 0.1) is 0 Å². The van der Waals surface area contributed by atoms with Crippen LogP contribution in [0.3, 0.4) is 0 Å². The number of aliphatic imine (C=N–C) groups is 1. The van der Waals surface area contributed by atoms with Crippen LogP contribution >= 0.6 is 0 Å². The quantitative estimate of drug-likeness (QED) is 0.339. The maximum absolute atomic E-state index is 5.38. The van der Waals surface area contributed by atoms with Crippen LogP contribution in [0.2, 0.25) is 0 Å². The molecule has 7 nitrogen and oxygen atoms in total. The molecule has 148 valence electrons. The van der Waals surface area contributed by atoms with E-state index in [-0.39, 0.29) is 6.04 Å². The highest BCUT2D eigenvalue weighted by Gasteiger charge is 2.10. The smallest absolute Gasteiger partial charge is 0.191 e. The Labute approximate surface area is 165 Å². The maximum atomic E-state index is 5.38. The number of hydrogen-bond acceptors (Lipinski definition) is 4. The Morgan fingerprint density at radius 3 is 2.96 bits per heavy atom. The zero-order chi connectivity index (χ0) is 19.6. The average Bonchev–Trinajstić information content (AvgIpc) is 3.42. The second-order valence-electron chi connectivity index (χ2n) is 6.39. The number of nitrogens with one attached hydrogen (secondary N) is 2. The number of aromatic nitrogens is 2. The minimum atomic E-state index is 0.0768. The summed E-state index contributed by atoms with van der Waals surface area (Å²) in [4.78, 5) is 4.59. The first kappa shape index (κ1) is 19.7. The van der Waals surface area contributed by atoms with E-state index < -0.39 is 0 Å². The second-order valence-corrected chi connectivity index (χ2v) is 6.39. The molecule has 0 radical (unpaired) electrons. The second kappa shape index (κ2) is 10.3. The number of benzene rings is 1. The molecule has 0 aliphatic carbocycles. The Hall–Kier alpha value is -3.06. The van der Waals surface area contributed by atoms with Gasteiger partial charge < -0.3 is 19.8 Å². The molecule has 2 N–H and O–H groups in total. The number of nitrogens with zero attached hydrogens (tertiary/aromatic N) is 3. The third kappa shape index (κ3) is 5.72. The lowest BCUT2D eigenvalue weighted by atomic mass is 10.1. The van der Waals surface area contributed by atoms with Gasteiger partial charge >= 0.3 is 0 Å². The van der Waals surface area contributed by atoms with Crippen molar-refractivity contribution in [2.75, 3.05) is 26.8 Å². The van der Waals surface area contributed by atoms with E-state index in [2.05, 4.69) is 39.8 Å². The molecule has 0 aliphatic rings. The Morgan fingerprint density at radius 1 is 1.29 bits per heavy atom. The van der Waals surface area contributed by atoms with E-state index in [9.17, 15) is 0 Å². The number of ether oxygens (including phenoxy) is 1. The maximum Gasteiger partial charge on any atom is 0.191 e. The highest BCUT2D eigenvalue weighted by atomic mass is 16.5. The van der Waals surface area contributed by atoms with Gasteiger partial charge in [0.1, 0.15) is 5.76 Å². The highest BCUT2D eigenvalue weighted by molar-refractivity contribution is 5.80. The fraction of sp³-hybridized carbons (Fsp3) is 0.333. The molecule has 3 aromatic rings. The number of rotatable bonds is 9. The van der Waals surface area contributed by atoms with Crippen LogP contribution in [0.1, 0.15) is 24.3 Å². The van der Waals surface area contributed by atoms with Crippen molar-refractivity contribution in [3.8, 4) is 5.69 Å². The summed E-state index contributed by atoms with van der Waals surface area (Å²) in [6.45, 7) is 4.01. The zero-order valence-corrected chi connectivity index (χ0v) is 16.3. The molecule has 0 amide bonds. The van der Waals surface area contributed by atoms with E-state index in [4.69, 9.17) is 9.15 Å². The SMILES string of the molecule is COCCN=C(NCCc1ccco1)NC(C)c1cccc(-n2cccn2)c1. The molecule has 0 saturated heterocycles. The van der Waals surface area contributed by atoms with Crippen molar-refractivity contribution in [3.05, 3.63) is 72.4 Å². The number of methoxy groups -OCH3 is 1. The number of furan rings is 1. The first-order valence-electron chi connectivity index (χ1n) is 9.42. The largest absolute Gasteiger partial charge is 0.469 e. The molecule has 28 heavy (non-hydrogen) atoms. The van der Waals surface area contributed by atoms with Crippen LogP contribution in [0.5, 0.6) is 0 Å². The molecule has 1 aromatic carbocycles. The third-order valence-corrected chi connectivity index (χ3v) is 4.30. The molecule has 0 spiro atoms. The van der Waals surface area contributed by atoms with Gasteiger partial charge in [0.2, 0.25) is 0 Å². The van der Waals surface area contributed by atoms with Crippen molar-refractivity contribution in [2.45, 2.75) is 19.4 Å². The van der Waals surface area contributed by atoms with Gasteiger partial charge in [0.25, 0.3) is 0 Å². The van der Waals surface area contributed by atoms with Crippen molar-refractivity contribution in [2.24, 2.45) is 4.99 Å². The predicted molar refractivity (Wildman–Crippen MR) is 110 cm³/mol. The number of guanidine groups is 1. The van der Waals surface area contributed by atoms with E-state index in [0.717, 1.165) is 35.9 Å². The molecular weight excluding hydrogens is 354 g/mol. The first-order valence-corrected chi connectivity index (χ1v) is 9.42. The molecule has 0 saturated carbocycles. The van der Waals surface area contributed by atoms with Gasteiger partial charge in [0, 0.05) is 32.5 Å². The molecule has 7 heteroatoms. The lowest BCUT2D eigenvalue weighted by Crippen LogP contribution is -2.40. The van der Waals surface area contributed by atoms with E-state index in [0.29, 0.717) is 13.2 Å². The summed E-state index contributed by atoms with van der Waals surface area (Å²) < 4.78 is 12.4. The highest BCUT2D eigenvalue weighted by Crippen LogP contribution is 2.16. The summed E-state index contributed by atoms with van der Waals surface area (Å²) in [7, 11) is 1.68. The Kier molecular flexibility index (Phi) is 7.26. The van der Waals surface area contributed by atoms with Crippen molar-refractivity contribution in [1.82, 2.24) is 20.4 Å². The lowest BCUT2D eigenvalue weighted by Gasteiger charge is -2.19. The lowest BCUT2D eigenvalue weighted by molar-refractivity contribution is 0.208. The molecule has 0 aliphatic heterocycles. The minimum Gasteiger partial charge on any atom is -0.469 e. The van der Waals surface area contributed by atoms with Crippen LogP contribution in [-0.4, -0.2) is 42.5 Å². The standard InChI is InChI=1S/C21H27N5O2/c1-17(18-6-3-7-19(16-18)26-13-5-10-24-26)25-21(23-12-15-27-2)22-11-9-20-8-4-14-28-20/h3-8,10,13-14,16-17H,9,11-12,15H2,1-2H3,(H2,22,23,25). The third-order valence-electron chi connectivity index (χ3n) is 4.30. The van der Waals surface area contributed by atoms with Gasteiger partial charge in [0.15, 0.2) is 5.96 Å². The fourth-order valence-corrected chi connectivity index (χ4v) is 2.81.